The van der Waals surface area contributed by atoms with Crippen LogP contribution in [0.1, 0.15) is 41.3 Å². The lowest BCUT2D eigenvalue weighted by molar-refractivity contribution is -0.200. The summed E-state index contributed by atoms with van der Waals surface area (Å²) in [6, 6.07) is 6.23. The molecule has 1 heterocycles. The van der Waals surface area contributed by atoms with Gasteiger partial charge in [-0.15, -0.1) is 12.4 Å². The second-order valence-corrected chi connectivity index (χ2v) is 6.84. The molecule has 3 atom stereocenters. The Hall–Kier alpha value is -1.88. The Morgan fingerprint density at radius 2 is 1.61 bits per heavy atom. The van der Waals surface area contributed by atoms with Gasteiger partial charge < -0.3 is 14.8 Å². The van der Waals surface area contributed by atoms with E-state index in [1.807, 2.05) is 0 Å². The van der Waals surface area contributed by atoms with Gasteiger partial charge in [-0.25, -0.2) is 4.39 Å². The van der Waals surface area contributed by atoms with E-state index in [1.165, 1.54) is 25.1 Å². The van der Waals surface area contributed by atoms with Crippen LogP contribution in [0.25, 0.3) is 0 Å². The van der Waals surface area contributed by atoms with Crippen LogP contribution in [0.3, 0.4) is 0 Å². The molecular formula is C20H19ClF7NO2. The highest BCUT2D eigenvalue weighted by Crippen LogP contribution is 2.38. The molecule has 0 bridgehead atoms. The second-order valence-electron chi connectivity index (χ2n) is 6.84. The smallest absolute Gasteiger partial charge is 0.349 e. The lowest BCUT2D eigenvalue weighted by Gasteiger charge is -2.34. The molecule has 2 aromatic rings. The van der Waals surface area contributed by atoms with Gasteiger partial charge in [-0.2, -0.15) is 26.3 Å². The number of hydrogen-bond acceptors (Lipinski definition) is 3. The fourth-order valence-electron chi connectivity index (χ4n) is 3.17. The lowest BCUT2D eigenvalue weighted by Crippen LogP contribution is -2.43. The van der Waals surface area contributed by atoms with E-state index in [2.05, 4.69) is 5.32 Å². The molecule has 11 heteroatoms. The predicted molar refractivity (Wildman–Crippen MR) is 100 cm³/mol. The third-order valence-electron chi connectivity index (χ3n) is 4.65. The first-order valence-corrected chi connectivity index (χ1v) is 9.00. The Balaban J connectivity index is 0.00000341. The van der Waals surface area contributed by atoms with Crippen molar-refractivity contribution in [3.63, 3.8) is 0 Å². The van der Waals surface area contributed by atoms with Gasteiger partial charge >= 0.3 is 12.4 Å². The summed E-state index contributed by atoms with van der Waals surface area (Å²) in [5.74, 6) is -0.501. The molecule has 0 amide bonds. The van der Waals surface area contributed by atoms with Crippen molar-refractivity contribution in [2.45, 2.75) is 37.7 Å². The summed E-state index contributed by atoms with van der Waals surface area (Å²) >= 11 is 0. The van der Waals surface area contributed by atoms with E-state index in [-0.39, 0.29) is 30.6 Å². The number of benzene rings is 2. The van der Waals surface area contributed by atoms with E-state index < -0.39 is 47.7 Å². The Labute approximate surface area is 179 Å². The van der Waals surface area contributed by atoms with Crippen molar-refractivity contribution >= 4 is 12.4 Å². The monoisotopic (exact) mass is 473 g/mol. The predicted octanol–water partition coefficient (Wildman–Crippen LogP) is 6.05. The molecule has 0 aliphatic carbocycles. The highest BCUT2D eigenvalue weighted by molar-refractivity contribution is 5.85. The van der Waals surface area contributed by atoms with Crippen LogP contribution in [0, 0.1) is 5.82 Å². The van der Waals surface area contributed by atoms with Crippen molar-refractivity contribution in [3.05, 3.63) is 70.5 Å². The number of hydrogen-bond donors (Lipinski definition) is 1. The largest absolute Gasteiger partial charge is 0.416 e. The van der Waals surface area contributed by atoms with Crippen molar-refractivity contribution in [2.24, 2.45) is 0 Å². The van der Waals surface area contributed by atoms with E-state index in [1.54, 1.807) is 6.07 Å². The first-order valence-electron chi connectivity index (χ1n) is 9.00. The van der Waals surface area contributed by atoms with Gasteiger partial charge in [-0.05, 0) is 48.4 Å². The van der Waals surface area contributed by atoms with Crippen molar-refractivity contribution in [3.8, 4) is 0 Å². The molecule has 1 saturated heterocycles. The number of rotatable bonds is 4. The number of nitrogens with one attached hydrogen (secondary N) is 1. The fourth-order valence-corrected chi connectivity index (χ4v) is 3.17. The summed E-state index contributed by atoms with van der Waals surface area (Å²) in [4.78, 5) is 0. The minimum atomic E-state index is -4.96. The molecule has 3 rings (SSSR count). The van der Waals surface area contributed by atoms with Crippen molar-refractivity contribution in [1.82, 2.24) is 5.32 Å². The average Bonchev–Trinajstić information content (AvgIpc) is 2.66. The molecule has 172 valence electrons. The van der Waals surface area contributed by atoms with Crippen LogP contribution in [-0.2, 0) is 21.8 Å². The third kappa shape index (κ3) is 6.31. The molecule has 3 nitrogen and oxygen atoms in total. The maximum Gasteiger partial charge on any atom is 0.416 e. The quantitative estimate of drug-likeness (QED) is 0.548. The van der Waals surface area contributed by atoms with E-state index in [0.29, 0.717) is 24.2 Å². The van der Waals surface area contributed by atoms with Crippen LogP contribution in [0.15, 0.2) is 42.5 Å². The summed E-state index contributed by atoms with van der Waals surface area (Å²) in [5.41, 5.74) is -2.67. The Bertz CT molecular complexity index is 856. The van der Waals surface area contributed by atoms with Crippen LogP contribution in [-0.4, -0.2) is 19.4 Å². The van der Waals surface area contributed by atoms with Gasteiger partial charge in [0.15, 0.2) is 6.29 Å². The summed E-state index contributed by atoms with van der Waals surface area (Å²) in [5, 5.41) is 3.06. The van der Waals surface area contributed by atoms with Crippen LogP contribution in [0.5, 0.6) is 0 Å². The first-order chi connectivity index (χ1) is 13.9. The number of ether oxygens (including phenoxy) is 2. The lowest BCUT2D eigenvalue weighted by atomic mass is 10.0. The molecular weight excluding hydrogens is 455 g/mol. The van der Waals surface area contributed by atoms with Gasteiger partial charge in [0, 0.05) is 6.54 Å². The van der Waals surface area contributed by atoms with E-state index in [9.17, 15) is 30.7 Å². The summed E-state index contributed by atoms with van der Waals surface area (Å²) in [6.45, 7) is 1.95. The van der Waals surface area contributed by atoms with Crippen molar-refractivity contribution in [2.75, 3.05) is 13.2 Å². The number of morpholine rings is 1. The van der Waals surface area contributed by atoms with Crippen molar-refractivity contribution in [1.29, 1.82) is 0 Å². The summed E-state index contributed by atoms with van der Waals surface area (Å²) in [7, 11) is 0. The minimum absolute atomic E-state index is 0. The van der Waals surface area contributed by atoms with Crippen molar-refractivity contribution < 1.29 is 40.2 Å². The summed E-state index contributed by atoms with van der Waals surface area (Å²) in [6.07, 6.45) is -12.1. The number of halogens is 8. The molecule has 0 spiro atoms. The van der Waals surface area contributed by atoms with Crippen LogP contribution in [0.2, 0.25) is 0 Å². The van der Waals surface area contributed by atoms with E-state index >= 15 is 0 Å². The van der Waals surface area contributed by atoms with Gasteiger partial charge in [0.1, 0.15) is 5.82 Å². The molecule has 0 unspecified atom stereocenters. The Kier molecular flexibility index (Phi) is 7.96. The van der Waals surface area contributed by atoms with Gasteiger partial charge in [0.25, 0.3) is 0 Å². The summed E-state index contributed by atoms with van der Waals surface area (Å²) < 4.78 is 103. The van der Waals surface area contributed by atoms with Gasteiger partial charge in [0.05, 0.1) is 29.9 Å². The fraction of sp³-hybridized carbons (Fsp3) is 0.400. The van der Waals surface area contributed by atoms with Crippen LogP contribution >= 0.6 is 12.4 Å². The molecule has 0 saturated carbocycles. The van der Waals surface area contributed by atoms with Crippen LogP contribution < -0.4 is 5.32 Å². The first kappa shape index (κ1) is 25.4. The zero-order valence-corrected chi connectivity index (χ0v) is 16.9. The molecule has 1 aliphatic heterocycles. The zero-order valence-electron chi connectivity index (χ0n) is 16.1. The maximum absolute atomic E-state index is 13.6. The van der Waals surface area contributed by atoms with Gasteiger partial charge in [-0.1, -0.05) is 12.1 Å². The maximum atomic E-state index is 13.6. The average molecular weight is 474 g/mol. The SMILES string of the molecule is C[C@@H](O[C@H]1OCCN[C@H]1c1cccc(F)c1)c1cc(C(F)(F)F)cc(C(F)(F)F)c1.Cl. The Morgan fingerprint density at radius 1 is 1.00 bits per heavy atom. The van der Waals surface area contributed by atoms with E-state index in [0.717, 1.165) is 0 Å². The zero-order chi connectivity index (χ0) is 22.1. The highest BCUT2D eigenvalue weighted by atomic mass is 35.5. The standard InChI is InChI=1S/C20H18F7NO2.ClH/c1-11(13-7-14(19(22,23)24)10-15(8-13)20(25,26)27)30-18-17(28-5-6-29-18)12-3-2-4-16(21)9-12;/h2-4,7-11,17-18,28H,5-6H2,1H3;1H/t11-,17+,18-;/m1./s1. The number of alkyl halides is 6. The second kappa shape index (κ2) is 9.72. The molecule has 0 radical (unpaired) electrons. The minimum Gasteiger partial charge on any atom is -0.349 e. The Morgan fingerprint density at radius 3 is 2.16 bits per heavy atom. The van der Waals surface area contributed by atoms with Gasteiger partial charge in [0.2, 0.25) is 0 Å². The van der Waals surface area contributed by atoms with Gasteiger partial charge in [-0.3, -0.25) is 0 Å². The molecule has 2 aromatic carbocycles. The van der Waals surface area contributed by atoms with E-state index in [4.69, 9.17) is 9.47 Å². The topological polar surface area (TPSA) is 30.5 Å². The molecule has 0 aromatic heterocycles. The molecule has 1 fully saturated rings. The third-order valence-corrected chi connectivity index (χ3v) is 4.65. The van der Waals surface area contributed by atoms with Crippen LogP contribution in [0.4, 0.5) is 30.7 Å². The molecule has 1 N–H and O–H groups in total. The normalized spacial score (nSPS) is 20.8. The molecule has 31 heavy (non-hydrogen) atoms. The molecule has 1 aliphatic rings. The highest BCUT2D eigenvalue weighted by Gasteiger charge is 2.38.